The molecule has 3 rings (SSSR count). The smallest absolute Gasteiger partial charge is 0.308 e. The van der Waals surface area contributed by atoms with Crippen LogP contribution in [0.2, 0.25) is 0 Å². The number of amides is 1. The number of nitrogens with one attached hydrogen (secondary N) is 2. The first-order valence-electron chi connectivity index (χ1n) is 6.37. The molecule has 1 amide bonds. The predicted octanol–water partition coefficient (Wildman–Crippen LogP) is 1.01. The number of anilines is 1. The molecule has 8 nitrogen and oxygen atoms in total. The van der Waals surface area contributed by atoms with Crippen molar-refractivity contribution in [3.63, 3.8) is 0 Å². The fraction of sp³-hybridized carbons (Fsp3) is 0. The van der Waals surface area contributed by atoms with Gasteiger partial charge in [0.05, 0.1) is 6.21 Å². The van der Waals surface area contributed by atoms with Crippen LogP contribution in [0.5, 0.6) is 5.75 Å². The number of carbonyl (C=O) groups excluding carboxylic acids is 1. The van der Waals surface area contributed by atoms with Gasteiger partial charge in [0, 0.05) is 5.56 Å². The van der Waals surface area contributed by atoms with Crippen molar-refractivity contribution >= 4 is 28.8 Å². The highest BCUT2D eigenvalue weighted by Crippen LogP contribution is 2.25. The van der Waals surface area contributed by atoms with Gasteiger partial charge in [-0.3, -0.25) is 9.89 Å². The number of phenolic OH excluding ortho intramolecular Hbond substituents is 1. The van der Waals surface area contributed by atoms with Gasteiger partial charge in [-0.15, -0.1) is 5.10 Å². The van der Waals surface area contributed by atoms with Gasteiger partial charge in [-0.05, 0) is 16.8 Å². The molecule has 0 atom stereocenters. The Kier molecular flexibility index (Phi) is 3.40. The number of hydrogen-bond donors (Lipinski definition) is 4. The zero-order valence-electron chi connectivity index (χ0n) is 11.3. The zero-order valence-corrected chi connectivity index (χ0v) is 11.3. The maximum absolute atomic E-state index is 11.7. The molecule has 0 bridgehead atoms. The summed E-state index contributed by atoms with van der Waals surface area (Å²) in [5.41, 5.74) is 8.11. The Morgan fingerprint density at radius 3 is 2.91 bits per heavy atom. The Bertz CT molecular complexity index is 871. The molecule has 22 heavy (non-hydrogen) atoms. The number of phenols is 1. The number of nitrogen functional groups attached to an aromatic ring is 1. The largest absolute Gasteiger partial charge is 0.507 e. The molecule has 5 N–H and O–H groups in total. The lowest BCUT2D eigenvalue weighted by molar-refractivity contribution is 0.0945. The van der Waals surface area contributed by atoms with E-state index < -0.39 is 5.91 Å². The van der Waals surface area contributed by atoms with Crippen molar-refractivity contribution in [1.82, 2.24) is 20.6 Å². The number of aromatic hydroxyl groups is 1. The fourth-order valence-electron chi connectivity index (χ4n) is 2.00. The number of fused-ring (bicyclic) bond motifs is 1. The standard InChI is InChI=1S/C14H12N6O2/c15-14-17-12(18-20-14)13(22)19-16-7-10-9-4-2-1-3-8(9)5-6-11(10)21/h1-7,21H,(H,19,22)(H3,15,17,18,20)/b16-7-. The minimum atomic E-state index is -0.583. The van der Waals surface area contributed by atoms with Crippen molar-refractivity contribution in [3.05, 3.63) is 47.8 Å². The molecule has 0 fully saturated rings. The summed E-state index contributed by atoms with van der Waals surface area (Å²) in [6, 6.07) is 10.9. The Morgan fingerprint density at radius 1 is 1.32 bits per heavy atom. The van der Waals surface area contributed by atoms with E-state index >= 15 is 0 Å². The van der Waals surface area contributed by atoms with Crippen LogP contribution < -0.4 is 11.2 Å². The number of H-pyrrole nitrogens is 1. The number of nitrogens with zero attached hydrogens (tertiary/aromatic N) is 3. The van der Waals surface area contributed by atoms with Crippen LogP contribution in [0.25, 0.3) is 10.8 Å². The second-order valence-electron chi connectivity index (χ2n) is 4.46. The first-order chi connectivity index (χ1) is 10.6. The molecular weight excluding hydrogens is 284 g/mol. The summed E-state index contributed by atoms with van der Waals surface area (Å²) >= 11 is 0. The summed E-state index contributed by atoms with van der Waals surface area (Å²) in [5.74, 6) is -0.585. The zero-order chi connectivity index (χ0) is 15.5. The minimum absolute atomic E-state index is 0.0270. The quantitative estimate of drug-likeness (QED) is 0.423. The second-order valence-corrected chi connectivity index (χ2v) is 4.46. The molecule has 0 unspecified atom stereocenters. The van der Waals surface area contributed by atoms with Crippen LogP contribution in [0.4, 0.5) is 5.95 Å². The van der Waals surface area contributed by atoms with E-state index in [-0.39, 0.29) is 17.5 Å². The van der Waals surface area contributed by atoms with E-state index in [1.165, 1.54) is 6.21 Å². The van der Waals surface area contributed by atoms with Gasteiger partial charge in [-0.2, -0.15) is 10.1 Å². The molecule has 0 saturated carbocycles. The number of hydrazone groups is 1. The molecule has 2 aromatic carbocycles. The molecule has 1 aromatic heterocycles. The third kappa shape index (κ3) is 2.57. The van der Waals surface area contributed by atoms with E-state index in [4.69, 9.17) is 5.73 Å². The summed E-state index contributed by atoms with van der Waals surface area (Å²) in [6.07, 6.45) is 1.37. The van der Waals surface area contributed by atoms with Crippen molar-refractivity contribution in [3.8, 4) is 5.75 Å². The average molecular weight is 296 g/mol. The van der Waals surface area contributed by atoms with E-state index in [1.807, 2.05) is 24.3 Å². The van der Waals surface area contributed by atoms with Gasteiger partial charge in [-0.1, -0.05) is 30.3 Å². The maximum Gasteiger partial charge on any atom is 0.308 e. The molecule has 0 aliphatic heterocycles. The number of carbonyl (C=O) groups is 1. The second kappa shape index (κ2) is 5.52. The van der Waals surface area contributed by atoms with Crippen LogP contribution >= 0.6 is 0 Å². The van der Waals surface area contributed by atoms with E-state index in [1.54, 1.807) is 12.1 Å². The first-order valence-corrected chi connectivity index (χ1v) is 6.37. The number of nitrogens with two attached hydrogens (primary N) is 1. The van der Waals surface area contributed by atoms with Crippen molar-refractivity contribution in [1.29, 1.82) is 0 Å². The number of aromatic amines is 1. The van der Waals surface area contributed by atoms with Crippen molar-refractivity contribution in [2.45, 2.75) is 0 Å². The lowest BCUT2D eigenvalue weighted by Gasteiger charge is -2.04. The van der Waals surface area contributed by atoms with Crippen molar-refractivity contribution in [2.24, 2.45) is 5.10 Å². The van der Waals surface area contributed by atoms with E-state index in [9.17, 15) is 9.90 Å². The van der Waals surface area contributed by atoms with Crippen LogP contribution in [0, 0.1) is 0 Å². The van der Waals surface area contributed by atoms with Gasteiger partial charge < -0.3 is 10.8 Å². The molecule has 0 saturated heterocycles. The SMILES string of the molecule is Nc1n[nH]c(C(=O)N/N=C\c2c(O)ccc3ccccc23)n1. The lowest BCUT2D eigenvalue weighted by Crippen LogP contribution is -2.19. The van der Waals surface area contributed by atoms with Gasteiger partial charge in [0.2, 0.25) is 11.8 Å². The number of benzene rings is 2. The summed E-state index contributed by atoms with van der Waals surface area (Å²) < 4.78 is 0. The van der Waals surface area contributed by atoms with Gasteiger partial charge in [0.25, 0.3) is 0 Å². The number of rotatable bonds is 3. The average Bonchev–Trinajstić information content (AvgIpc) is 2.96. The Morgan fingerprint density at radius 2 is 2.14 bits per heavy atom. The van der Waals surface area contributed by atoms with Crippen molar-refractivity contribution < 1.29 is 9.90 Å². The highest BCUT2D eigenvalue weighted by Gasteiger charge is 2.09. The van der Waals surface area contributed by atoms with Crippen LogP contribution in [0.3, 0.4) is 0 Å². The predicted molar refractivity (Wildman–Crippen MR) is 81.5 cm³/mol. The first kappa shape index (κ1) is 13.6. The Hall–Kier alpha value is -3.42. The monoisotopic (exact) mass is 296 g/mol. The topological polar surface area (TPSA) is 129 Å². The van der Waals surface area contributed by atoms with Crippen LogP contribution in [0.1, 0.15) is 16.2 Å². The summed E-state index contributed by atoms with van der Waals surface area (Å²) in [4.78, 5) is 15.4. The molecule has 1 heterocycles. The summed E-state index contributed by atoms with van der Waals surface area (Å²) in [7, 11) is 0. The van der Waals surface area contributed by atoms with Gasteiger partial charge in [0.15, 0.2) is 0 Å². The number of hydrogen-bond acceptors (Lipinski definition) is 6. The summed E-state index contributed by atoms with van der Waals surface area (Å²) in [6.45, 7) is 0. The molecule has 0 aliphatic rings. The van der Waals surface area contributed by atoms with Gasteiger partial charge >= 0.3 is 5.91 Å². The molecule has 0 radical (unpaired) electrons. The molecule has 3 aromatic rings. The van der Waals surface area contributed by atoms with Gasteiger partial charge in [0.1, 0.15) is 5.75 Å². The highest BCUT2D eigenvalue weighted by atomic mass is 16.3. The lowest BCUT2D eigenvalue weighted by atomic mass is 10.0. The van der Waals surface area contributed by atoms with Crippen LogP contribution in [-0.4, -0.2) is 32.4 Å². The third-order valence-electron chi connectivity index (χ3n) is 3.03. The van der Waals surface area contributed by atoms with E-state index in [0.29, 0.717) is 5.56 Å². The number of aromatic nitrogens is 3. The van der Waals surface area contributed by atoms with E-state index in [0.717, 1.165) is 10.8 Å². The Labute approximate surface area is 124 Å². The third-order valence-corrected chi connectivity index (χ3v) is 3.03. The molecular formula is C14H12N6O2. The summed E-state index contributed by atoms with van der Waals surface area (Å²) in [5, 5.41) is 21.5. The molecule has 0 aliphatic carbocycles. The molecule has 110 valence electrons. The van der Waals surface area contributed by atoms with Crippen LogP contribution in [0.15, 0.2) is 41.5 Å². The van der Waals surface area contributed by atoms with E-state index in [2.05, 4.69) is 25.7 Å². The maximum atomic E-state index is 11.7. The fourth-order valence-corrected chi connectivity index (χ4v) is 2.00. The Balaban J connectivity index is 1.84. The molecule has 0 spiro atoms. The minimum Gasteiger partial charge on any atom is -0.507 e. The normalized spacial score (nSPS) is 11.1. The van der Waals surface area contributed by atoms with Crippen molar-refractivity contribution in [2.75, 3.05) is 5.73 Å². The van der Waals surface area contributed by atoms with Gasteiger partial charge in [-0.25, -0.2) is 5.43 Å². The highest BCUT2D eigenvalue weighted by molar-refractivity contribution is 6.02. The molecule has 8 heteroatoms. The van der Waals surface area contributed by atoms with Crippen LogP contribution in [-0.2, 0) is 0 Å².